The zero-order valence-corrected chi connectivity index (χ0v) is 50.5. The maximum absolute atomic E-state index is 14.7. The van der Waals surface area contributed by atoms with Crippen molar-refractivity contribution in [1.82, 2.24) is 40.8 Å². The van der Waals surface area contributed by atoms with E-state index in [-0.39, 0.29) is 91.9 Å². The Labute approximate surface area is 475 Å². The van der Waals surface area contributed by atoms with Gasteiger partial charge in [-0.3, -0.25) is 23.9 Å². The third-order valence-electron chi connectivity index (χ3n) is 17.1. The van der Waals surface area contributed by atoms with E-state index >= 15 is 0 Å². The Balaban J connectivity index is 0.819. The van der Waals surface area contributed by atoms with E-state index in [1.165, 1.54) is 21.8 Å². The number of aliphatic hydroxyl groups is 1. The van der Waals surface area contributed by atoms with E-state index in [0.717, 1.165) is 35.4 Å². The molecule has 3 aromatic rings. The number of carbonyl (C=O) groups excluding carboxylic acids is 5. The summed E-state index contributed by atoms with van der Waals surface area (Å²) in [6, 6.07) is 3.59. The van der Waals surface area contributed by atoms with E-state index in [4.69, 9.17) is 18.6 Å². The van der Waals surface area contributed by atoms with Crippen molar-refractivity contribution in [3.63, 3.8) is 0 Å². The van der Waals surface area contributed by atoms with Gasteiger partial charge in [0.1, 0.15) is 30.0 Å². The van der Waals surface area contributed by atoms with Gasteiger partial charge in [-0.2, -0.15) is 0 Å². The normalized spacial score (nSPS) is 25.9. The van der Waals surface area contributed by atoms with Crippen LogP contribution in [0, 0.1) is 36.0 Å². The number of amides is 4. The summed E-state index contributed by atoms with van der Waals surface area (Å²) in [7, 11) is -2.07. The van der Waals surface area contributed by atoms with Crippen LogP contribution >= 0.6 is 11.3 Å². The predicted molar refractivity (Wildman–Crippen MR) is 304 cm³/mol. The molecule has 3 fully saturated rings. The highest BCUT2D eigenvalue weighted by atomic mass is 32.1. The molecule has 8 rings (SSSR count). The van der Waals surface area contributed by atoms with Crippen LogP contribution in [0.1, 0.15) is 130 Å². The van der Waals surface area contributed by atoms with Crippen LogP contribution < -0.4 is 20.7 Å². The van der Waals surface area contributed by atoms with Gasteiger partial charge in [0.05, 0.1) is 47.0 Å². The number of carbonyl (C=O) groups is 5. The highest BCUT2D eigenvalue weighted by molar-refractivity contribution is 7.13. The number of hydrogen-bond donors (Lipinski definition) is 4. The van der Waals surface area contributed by atoms with Crippen LogP contribution in [0.3, 0.4) is 0 Å². The molecular weight excluding hydrogens is 1060 g/mol. The third-order valence-corrected chi connectivity index (χ3v) is 22.6. The molecule has 18 nitrogen and oxygen atoms in total. The SMILES string of the molecule is Cc1ncsc1-c1ccc(CNC(=O)[C@@H]2C[C@@H](O)CN2C(=O)[C@@H](NC(=O)C2(F)CC2)C(C)(C)C)c(OCCc2cn(CCCNC(=O)O[C@@H]3C[C@H](C)C=C4C=C[C@@H](C)[C@@H](CC[C@@H]5C[C@@H](O[Si](C)(C)C(C)(C)C)CC(=O)O5)[C@@H]43)nn2)c1. The number of thiazole rings is 1. The number of alkyl carbamates (subject to hydrolysis) is 1. The summed E-state index contributed by atoms with van der Waals surface area (Å²) in [4.78, 5) is 73.6. The molecule has 438 valence electrons. The van der Waals surface area contributed by atoms with Gasteiger partial charge in [0.15, 0.2) is 14.0 Å². The minimum Gasteiger partial charge on any atom is -0.493 e. The molecule has 0 unspecified atom stereocenters. The second-order valence-electron chi connectivity index (χ2n) is 25.7. The number of nitrogens with one attached hydrogen (secondary N) is 3. The van der Waals surface area contributed by atoms with Crippen LogP contribution in [-0.2, 0) is 52.6 Å². The molecule has 10 atom stereocenters. The highest BCUT2D eigenvalue weighted by Crippen LogP contribution is 2.46. The van der Waals surface area contributed by atoms with Gasteiger partial charge < -0.3 is 44.6 Å². The number of halogens is 1. The number of fused-ring (bicyclic) bond motifs is 1. The fraction of sp³-hybridized carbons (Fsp3) is 0.661. The Morgan fingerprint density at radius 1 is 1.05 bits per heavy atom. The van der Waals surface area contributed by atoms with Gasteiger partial charge in [-0.15, -0.1) is 16.4 Å². The molecule has 21 heteroatoms. The third kappa shape index (κ3) is 14.9. The topological polar surface area (TPSA) is 225 Å². The van der Waals surface area contributed by atoms with Crippen LogP contribution in [0.2, 0.25) is 18.1 Å². The molecule has 4 heterocycles. The quantitative estimate of drug-likeness (QED) is 0.0445. The van der Waals surface area contributed by atoms with Gasteiger partial charge >= 0.3 is 12.1 Å². The number of cyclic esters (lactones) is 1. The van der Waals surface area contributed by atoms with E-state index < -0.39 is 61.4 Å². The Morgan fingerprint density at radius 2 is 1.81 bits per heavy atom. The maximum atomic E-state index is 14.7. The number of hydrogen-bond acceptors (Lipinski definition) is 14. The molecule has 0 spiro atoms. The fourth-order valence-electron chi connectivity index (χ4n) is 11.3. The van der Waals surface area contributed by atoms with E-state index in [9.17, 15) is 33.5 Å². The minimum atomic E-state index is -2.07. The van der Waals surface area contributed by atoms with Crippen molar-refractivity contribution in [2.45, 2.75) is 200 Å². The Morgan fingerprint density at radius 3 is 2.51 bits per heavy atom. The van der Waals surface area contributed by atoms with Crippen molar-refractivity contribution < 1.29 is 52.1 Å². The molecule has 5 aliphatic rings. The average molecular weight is 1150 g/mol. The zero-order valence-electron chi connectivity index (χ0n) is 48.6. The first-order chi connectivity index (χ1) is 37.7. The molecule has 0 bridgehead atoms. The number of alkyl halides is 1. The van der Waals surface area contributed by atoms with Gasteiger partial charge in [-0.25, -0.2) is 14.2 Å². The van der Waals surface area contributed by atoms with Gasteiger partial charge in [0.25, 0.3) is 5.91 Å². The van der Waals surface area contributed by atoms with E-state index in [2.05, 4.69) is 97.2 Å². The van der Waals surface area contributed by atoms with E-state index in [0.29, 0.717) is 55.8 Å². The number of allylic oxidation sites excluding steroid dienone is 3. The molecule has 0 radical (unpaired) electrons. The number of likely N-dealkylation sites (tertiary alicyclic amines) is 1. The van der Waals surface area contributed by atoms with Gasteiger partial charge in [-0.05, 0) is 104 Å². The molecule has 80 heavy (non-hydrogen) atoms. The summed E-state index contributed by atoms with van der Waals surface area (Å²) in [6.07, 6.45) is 11.0. The highest BCUT2D eigenvalue weighted by Gasteiger charge is 2.54. The summed E-state index contributed by atoms with van der Waals surface area (Å²) in [5, 5.41) is 28.0. The molecule has 2 aromatic heterocycles. The largest absolute Gasteiger partial charge is 0.493 e. The lowest BCUT2D eigenvalue weighted by molar-refractivity contribution is -0.160. The Kier molecular flexibility index (Phi) is 18.9. The molecule has 4 N–H and O–H groups in total. The smallest absolute Gasteiger partial charge is 0.407 e. The van der Waals surface area contributed by atoms with Crippen molar-refractivity contribution in [3.05, 3.63) is 70.7 Å². The van der Waals surface area contributed by atoms with Crippen LogP contribution in [0.15, 0.2) is 53.7 Å². The standard InChI is InChI=1S/C59H85FN8O10SSi/c1-35-25-38-14-13-36(2)45(18-17-43-29-44(30-49(70)76-43)78-80(10,11)58(7,8)9)50(38)48(26-35)77-56(74)61-22-12-23-67-32-41(65-66-67)19-24-75-47-27-39(51-37(3)63-34-79-51)15-16-40(47)31-62-53(71)46-28-42(69)33-68(46)54(72)52(57(4,5)6)64-55(73)59(60)20-21-59/h13-16,25,27,32,34-36,42-46,48,50,52,69H,12,17-24,26,28-31,33H2,1-11H3,(H,61,74)(H,62,71)(H,64,73)/t35-,36-,42-,43-,44-,45-,46+,48-,50-,52-/m1/s1. The first kappa shape index (κ1) is 60.6. The monoisotopic (exact) mass is 1140 g/mol. The Hall–Kier alpha value is -5.51. The number of benzene rings is 1. The number of aryl methyl sites for hydroxylation is 2. The second kappa shape index (κ2) is 24.9. The second-order valence-corrected chi connectivity index (χ2v) is 31.3. The maximum Gasteiger partial charge on any atom is 0.407 e. The molecule has 2 saturated heterocycles. The lowest BCUT2D eigenvalue weighted by Gasteiger charge is -2.44. The molecule has 2 aliphatic heterocycles. The van der Waals surface area contributed by atoms with Gasteiger partial charge in [0.2, 0.25) is 11.8 Å². The van der Waals surface area contributed by atoms with E-state index in [1.54, 1.807) is 31.0 Å². The number of nitrogens with zero attached hydrogens (tertiary/aromatic N) is 5. The number of ether oxygens (including phenoxy) is 3. The first-order valence-corrected chi connectivity index (χ1v) is 32.5. The molecule has 3 aliphatic carbocycles. The predicted octanol–water partition coefficient (Wildman–Crippen LogP) is 8.71. The zero-order chi connectivity index (χ0) is 57.9. The van der Waals surface area contributed by atoms with Gasteiger partial charge in [-0.1, -0.05) is 91.0 Å². The average Bonchev–Trinajstić information content (AvgIpc) is 3.63. The first-order valence-electron chi connectivity index (χ1n) is 28.7. The fourth-order valence-corrected chi connectivity index (χ4v) is 13.5. The van der Waals surface area contributed by atoms with Crippen molar-refractivity contribution >= 4 is 49.4 Å². The van der Waals surface area contributed by atoms with E-state index in [1.807, 2.05) is 31.3 Å². The number of β-amino-alcohol motifs (C(OH)–C–C–N with tert-alkyl or cyclic N) is 1. The summed E-state index contributed by atoms with van der Waals surface area (Å²) in [5.41, 5.74) is 3.34. The van der Waals surface area contributed by atoms with Gasteiger partial charge in [0, 0.05) is 63.1 Å². The molecule has 1 aromatic carbocycles. The summed E-state index contributed by atoms with van der Waals surface area (Å²) < 4.78 is 41.7. The van der Waals surface area contributed by atoms with Crippen molar-refractivity contribution in [2.75, 3.05) is 19.7 Å². The Bertz CT molecular complexity index is 2780. The van der Waals surface area contributed by atoms with Crippen LogP contribution in [0.5, 0.6) is 5.75 Å². The number of esters is 1. The van der Waals surface area contributed by atoms with Crippen LogP contribution in [0.4, 0.5) is 9.18 Å². The number of aliphatic hydroxyl groups excluding tert-OH is 1. The van der Waals surface area contributed by atoms with Crippen molar-refractivity contribution in [3.8, 4) is 16.2 Å². The minimum absolute atomic E-state index is 0.00314. The molecule has 4 amide bonds. The number of rotatable bonds is 21. The van der Waals surface area contributed by atoms with Crippen LogP contribution in [0.25, 0.3) is 10.4 Å². The lowest BCUT2D eigenvalue weighted by atomic mass is 9.65. The van der Waals surface area contributed by atoms with Crippen molar-refractivity contribution in [1.29, 1.82) is 0 Å². The summed E-state index contributed by atoms with van der Waals surface area (Å²) >= 11 is 1.51. The summed E-state index contributed by atoms with van der Waals surface area (Å²) in [6.45, 7) is 23.7. The molecular formula is C59H85FN8O10SSi. The molecule has 1 saturated carbocycles. The van der Waals surface area contributed by atoms with Crippen LogP contribution in [-0.4, -0.2) is 130 Å². The lowest BCUT2D eigenvalue weighted by Crippen LogP contribution is -2.59. The number of aromatic nitrogens is 4. The summed E-state index contributed by atoms with van der Waals surface area (Å²) in [5.74, 6) is -0.808. The van der Waals surface area contributed by atoms with Crippen molar-refractivity contribution in [2.24, 2.45) is 29.1 Å².